The minimum Gasteiger partial charge on any atom is -0.353 e. The van der Waals surface area contributed by atoms with Crippen molar-refractivity contribution < 1.29 is 21.4 Å². The average molecular weight is 487 g/mol. The molecular formula is C17H26N8O5S2. The SMILES string of the molecule is CN1CCN(c2nc(NCCNS(C)(=O)=O)nc(Nc3cccc(S(=O)(=O)O)c3)n2)CC1. The van der Waals surface area contributed by atoms with Gasteiger partial charge >= 0.3 is 0 Å². The Morgan fingerprint density at radius 3 is 2.34 bits per heavy atom. The molecule has 2 aromatic rings. The van der Waals surface area contributed by atoms with Crippen LogP contribution in [0.15, 0.2) is 29.2 Å². The molecule has 0 amide bonds. The maximum Gasteiger partial charge on any atom is 0.294 e. The highest BCUT2D eigenvalue weighted by atomic mass is 32.2. The summed E-state index contributed by atoms with van der Waals surface area (Å²) in [7, 11) is -5.64. The maximum atomic E-state index is 11.4. The summed E-state index contributed by atoms with van der Waals surface area (Å²) in [6.07, 6.45) is 1.07. The number of nitrogens with zero attached hydrogens (tertiary/aromatic N) is 5. The van der Waals surface area contributed by atoms with Gasteiger partial charge in [0, 0.05) is 45.0 Å². The lowest BCUT2D eigenvalue weighted by Crippen LogP contribution is -2.45. The number of nitrogens with one attached hydrogen (secondary N) is 3. The highest BCUT2D eigenvalue weighted by molar-refractivity contribution is 7.88. The molecule has 0 aliphatic carbocycles. The van der Waals surface area contributed by atoms with Gasteiger partial charge in [-0.2, -0.15) is 23.4 Å². The number of hydrogen-bond donors (Lipinski definition) is 4. The third-order valence-corrected chi connectivity index (χ3v) is 6.15. The van der Waals surface area contributed by atoms with Crippen LogP contribution in [0.25, 0.3) is 0 Å². The lowest BCUT2D eigenvalue weighted by Gasteiger charge is -2.32. The van der Waals surface area contributed by atoms with Crippen LogP contribution < -0.4 is 20.3 Å². The van der Waals surface area contributed by atoms with Crippen LogP contribution in [0.5, 0.6) is 0 Å². The molecule has 0 saturated carbocycles. The number of aromatic nitrogens is 3. The maximum absolute atomic E-state index is 11.4. The zero-order valence-corrected chi connectivity index (χ0v) is 19.3. The van der Waals surface area contributed by atoms with Gasteiger partial charge in [-0.3, -0.25) is 4.55 Å². The molecule has 0 atom stereocenters. The standard InChI is InChI=1S/C17H26N8O5S2/c1-24-8-10-25(11-9-24)17-22-15(18-6-7-19-31(2,26)27)21-16(23-17)20-13-4-3-5-14(12-13)32(28,29)30/h3-5,12,19H,6-11H2,1-2H3,(H,28,29,30)(H2,18,20,21,22,23). The molecule has 1 aliphatic rings. The van der Waals surface area contributed by atoms with Crippen molar-refractivity contribution >= 4 is 43.7 Å². The fraction of sp³-hybridized carbons (Fsp3) is 0.471. The van der Waals surface area contributed by atoms with Crippen LogP contribution in [-0.2, 0) is 20.1 Å². The van der Waals surface area contributed by atoms with Crippen molar-refractivity contribution in [1.29, 1.82) is 0 Å². The second kappa shape index (κ2) is 9.91. The molecule has 1 aromatic carbocycles. The molecule has 32 heavy (non-hydrogen) atoms. The zero-order chi connectivity index (χ0) is 23.4. The van der Waals surface area contributed by atoms with Gasteiger partial charge in [0.15, 0.2) is 0 Å². The highest BCUT2D eigenvalue weighted by Gasteiger charge is 2.19. The Balaban J connectivity index is 1.83. The molecule has 0 radical (unpaired) electrons. The van der Waals surface area contributed by atoms with E-state index in [1.807, 2.05) is 11.9 Å². The second-order valence-electron chi connectivity index (χ2n) is 7.29. The summed E-state index contributed by atoms with van der Waals surface area (Å²) in [5.41, 5.74) is 0.361. The Kier molecular flexibility index (Phi) is 7.45. The number of hydrogen-bond acceptors (Lipinski definition) is 11. The molecule has 4 N–H and O–H groups in total. The molecule has 0 unspecified atom stereocenters. The monoisotopic (exact) mass is 486 g/mol. The fourth-order valence-electron chi connectivity index (χ4n) is 2.92. The van der Waals surface area contributed by atoms with Crippen molar-refractivity contribution in [2.45, 2.75) is 4.90 Å². The predicted molar refractivity (Wildman–Crippen MR) is 120 cm³/mol. The quantitative estimate of drug-likeness (QED) is 0.267. The molecule has 1 aromatic heterocycles. The Morgan fingerprint density at radius 2 is 1.69 bits per heavy atom. The number of rotatable bonds is 9. The van der Waals surface area contributed by atoms with E-state index in [1.165, 1.54) is 18.2 Å². The zero-order valence-electron chi connectivity index (χ0n) is 17.7. The van der Waals surface area contributed by atoms with Crippen LogP contribution >= 0.6 is 0 Å². The minimum atomic E-state index is -4.36. The van der Waals surface area contributed by atoms with Crippen molar-refractivity contribution in [2.75, 3.05) is 68.1 Å². The third-order valence-electron chi connectivity index (χ3n) is 4.57. The third kappa shape index (κ3) is 7.23. The molecule has 13 nitrogen and oxygen atoms in total. The summed E-state index contributed by atoms with van der Waals surface area (Å²) >= 11 is 0. The molecule has 0 bridgehead atoms. The topological polar surface area (TPSA) is 170 Å². The van der Waals surface area contributed by atoms with E-state index in [0.29, 0.717) is 24.7 Å². The van der Waals surface area contributed by atoms with Crippen molar-refractivity contribution in [3.05, 3.63) is 24.3 Å². The lowest BCUT2D eigenvalue weighted by atomic mass is 10.3. The van der Waals surface area contributed by atoms with E-state index in [1.54, 1.807) is 6.07 Å². The van der Waals surface area contributed by atoms with Gasteiger partial charge in [0.25, 0.3) is 10.1 Å². The molecule has 1 saturated heterocycles. The van der Waals surface area contributed by atoms with E-state index in [0.717, 1.165) is 19.3 Å². The smallest absolute Gasteiger partial charge is 0.294 e. The predicted octanol–water partition coefficient (Wildman–Crippen LogP) is -0.425. The number of benzene rings is 1. The summed E-state index contributed by atoms with van der Waals surface area (Å²) < 4.78 is 56.9. The van der Waals surface area contributed by atoms with Gasteiger partial charge in [-0.05, 0) is 25.2 Å². The molecule has 15 heteroatoms. The lowest BCUT2D eigenvalue weighted by molar-refractivity contribution is 0.311. The number of piperazine rings is 1. The summed E-state index contributed by atoms with van der Waals surface area (Å²) in [6.45, 7) is 3.50. The van der Waals surface area contributed by atoms with Gasteiger partial charge in [-0.25, -0.2) is 13.1 Å². The Hall–Kier alpha value is -2.59. The molecule has 1 aliphatic heterocycles. The van der Waals surface area contributed by atoms with Gasteiger partial charge in [-0.15, -0.1) is 0 Å². The van der Waals surface area contributed by atoms with Crippen LogP contribution in [0, 0.1) is 0 Å². The van der Waals surface area contributed by atoms with E-state index in [2.05, 4.69) is 35.2 Å². The normalized spacial score (nSPS) is 15.5. The van der Waals surface area contributed by atoms with Crippen LogP contribution in [0.3, 0.4) is 0 Å². The average Bonchev–Trinajstić information content (AvgIpc) is 2.70. The van der Waals surface area contributed by atoms with E-state index in [-0.39, 0.29) is 29.9 Å². The Labute approximate surface area is 187 Å². The molecule has 3 rings (SSSR count). The molecular weight excluding hydrogens is 460 g/mol. The number of sulfonamides is 1. The van der Waals surface area contributed by atoms with Crippen molar-refractivity contribution in [3.8, 4) is 0 Å². The Morgan fingerprint density at radius 1 is 1.00 bits per heavy atom. The summed E-state index contributed by atoms with van der Waals surface area (Å²) in [5.74, 6) is 0.831. The van der Waals surface area contributed by atoms with Crippen molar-refractivity contribution in [3.63, 3.8) is 0 Å². The van der Waals surface area contributed by atoms with Crippen LogP contribution in [-0.4, -0.2) is 93.8 Å². The highest BCUT2D eigenvalue weighted by Crippen LogP contribution is 2.21. The van der Waals surface area contributed by atoms with E-state index < -0.39 is 20.1 Å². The van der Waals surface area contributed by atoms with Crippen LogP contribution in [0.2, 0.25) is 0 Å². The van der Waals surface area contributed by atoms with Gasteiger partial charge in [0.05, 0.1) is 11.2 Å². The summed E-state index contributed by atoms with van der Waals surface area (Å²) in [4.78, 5) is 17.1. The van der Waals surface area contributed by atoms with Crippen LogP contribution in [0.4, 0.5) is 23.5 Å². The molecule has 0 spiro atoms. The van der Waals surface area contributed by atoms with E-state index in [4.69, 9.17) is 0 Å². The number of likely N-dealkylation sites (N-methyl/N-ethyl adjacent to an activating group) is 1. The van der Waals surface area contributed by atoms with Crippen molar-refractivity contribution in [1.82, 2.24) is 24.6 Å². The fourth-order valence-corrected chi connectivity index (χ4v) is 3.92. The largest absolute Gasteiger partial charge is 0.353 e. The summed E-state index contributed by atoms with van der Waals surface area (Å²) in [6, 6.07) is 5.62. The van der Waals surface area contributed by atoms with Crippen LogP contribution in [0.1, 0.15) is 0 Å². The van der Waals surface area contributed by atoms with E-state index in [9.17, 15) is 21.4 Å². The molecule has 1 fully saturated rings. The minimum absolute atomic E-state index is 0.146. The first kappa shape index (κ1) is 24.1. The molecule has 176 valence electrons. The second-order valence-corrected chi connectivity index (χ2v) is 10.5. The first-order valence-electron chi connectivity index (χ1n) is 9.72. The van der Waals surface area contributed by atoms with Crippen molar-refractivity contribution in [2.24, 2.45) is 0 Å². The van der Waals surface area contributed by atoms with E-state index >= 15 is 0 Å². The van der Waals surface area contributed by atoms with Gasteiger partial charge in [-0.1, -0.05) is 6.07 Å². The first-order chi connectivity index (χ1) is 15.0. The first-order valence-corrected chi connectivity index (χ1v) is 13.1. The summed E-state index contributed by atoms with van der Waals surface area (Å²) in [5, 5.41) is 5.90. The molecule has 2 heterocycles. The van der Waals surface area contributed by atoms with Gasteiger partial charge < -0.3 is 20.4 Å². The van der Waals surface area contributed by atoms with Gasteiger partial charge in [0.1, 0.15) is 0 Å². The van der Waals surface area contributed by atoms with Gasteiger partial charge in [0.2, 0.25) is 27.9 Å². The number of anilines is 4. The Bertz CT molecular complexity index is 1150.